The minimum atomic E-state index is -4.97. The van der Waals surface area contributed by atoms with E-state index in [0.29, 0.717) is 25.7 Å². The average Bonchev–Trinajstić information content (AvgIpc) is 0.906. The molecule has 0 rings (SSSR count). The number of esters is 4. The topological polar surface area (TPSA) is 237 Å². The fraction of sp³-hybridized carbons (Fsp3) is 0.953. The molecule has 0 saturated carbocycles. The number of unbranched alkanes of at least 4 members (excludes halogenated alkanes) is 54. The normalized spacial score (nSPS) is 14.1. The third-order valence-corrected chi connectivity index (χ3v) is 22.5. The van der Waals surface area contributed by atoms with Crippen molar-refractivity contribution in [3.05, 3.63) is 0 Å². The van der Waals surface area contributed by atoms with Crippen LogP contribution in [0.25, 0.3) is 0 Å². The third-order valence-electron chi connectivity index (χ3n) is 20.6. The highest BCUT2D eigenvalue weighted by atomic mass is 31.2. The molecular weight excluding hydrogens is 1370 g/mol. The summed E-state index contributed by atoms with van der Waals surface area (Å²) in [6.45, 7) is 9.59. The van der Waals surface area contributed by atoms with E-state index in [0.717, 1.165) is 108 Å². The maximum absolute atomic E-state index is 13.1. The fourth-order valence-corrected chi connectivity index (χ4v) is 15.0. The monoisotopic (exact) mass is 1540 g/mol. The molecule has 0 bridgehead atoms. The van der Waals surface area contributed by atoms with Crippen LogP contribution in [-0.4, -0.2) is 96.7 Å². The van der Waals surface area contributed by atoms with Gasteiger partial charge in [0.1, 0.15) is 19.3 Å². The summed E-state index contributed by atoms with van der Waals surface area (Å²) >= 11 is 0. The average molecular weight is 1540 g/mol. The molecule has 19 heteroatoms. The lowest BCUT2D eigenvalue weighted by atomic mass is 10.00. The number of rotatable bonds is 85. The number of ether oxygens (including phenoxy) is 4. The van der Waals surface area contributed by atoms with E-state index in [1.807, 2.05) is 0 Å². The van der Waals surface area contributed by atoms with Crippen molar-refractivity contribution in [1.29, 1.82) is 0 Å². The maximum atomic E-state index is 13.1. The molecule has 0 heterocycles. The van der Waals surface area contributed by atoms with Gasteiger partial charge in [0.05, 0.1) is 26.4 Å². The zero-order chi connectivity index (χ0) is 77.1. The first-order valence-electron chi connectivity index (χ1n) is 44.5. The van der Waals surface area contributed by atoms with Gasteiger partial charge in [-0.15, -0.1) is 0 Å². The van der Waals surface area contributed by atoms with Crippen molar-refractivity contribution in [3.8, 4) is 0 Å². The lowest BCUT2D eigenvalue weighted by molar-refractivity contribution is -0.161. The van der Waals surface area contributed by atoms with Crippen molar-refractivity contribution >= 4 is 39.5 Å². The highest BCUT2D eigenvalue weighted by Gasteiger charge is 2.30. The van der Waals surface area contributed by atoms with E-state index >= 15 is 0 Å². The molecule has 0 radical (unpaired) electrons. The summed E-state index contributed by atoms with van der Waals surface area (Å²) in [7, 11) is -9.93. The van der Waals surface area contributed by atoms with Crippen molar-refractivity contribution in [2.24, 2.45) is 11.8 Å². The second-order valence-electron chi connectivity index (χ2n) is 31.6. The van der Waals surface area contributed by atoms with Crippen LogP contribution >= 0.6 is 15.6 Å². The standard InChI is InChI=1S/C86H168O17P2/c1-7-10-12-14-16-18-20-22-24-26-28-30-32-34-36-38-40-42-46-50-58-64-70-85(90)102-81(74-96-83(88)68-62-56-49-45-41-39-37-35-33-31-29-27-25-23-21-19-17-15-13-11-8-2)76-100-104(92,93)98-72-80(87)73-99-105(94,95)101-77-82(75-97-84(89)69-63-57-53-52-55-61-67-79(6)9-3)103-86(91)71-65-59-51-47-43-44-48-54-60-66-78(4)5/h78-82,87H,7-77H2,1-6H3,(H,92,93)(H,94,95)/t79?,80-,81-,82-/m1/s1. The minimum Gasteiger partial charge on any atom is -0.462 e. The Kier molecular flexibility index (Phi) is 76.0. The predicted octanol–water partition coefficient (Wildman–Crippen LogP) is 26.2. The summed E-state index contributed by atoms with van der Waals surface area (Å²) in [5.74, 6) is -0.641. The third kappa shape index (κ3) is 78.5. The van der Waals surface area contributed by atoms with Gasteiger partial charge in [0.25, 0.3) is 0 Å². The van der Waals surface area contributed by atoms with Gasteiger partial charge in [-0.05, 0) is 37.5 Å². The molecule has 17 nitrogen and oxygen atoms in total. The summed E-state index contributed by atoms with van der Waals surface area (Å²) in [6.07, 6.45) is 69.8. The summed E-state index contributed by atoms with van der Waals surface area (Å²) in [6, 6.07) is 0. The molecule has 3 unspecified atom stereocenters. The molecule has 0 aromatic rings. The van der Waals surface area contributed by atoms with Crippen molar-refractivity contribution in [2.75, 3.05) is 39.6 Å². The molecule has 624 valence electrons. The van der Waals surface area contributed by atoms with Gasteiger partial charge >= 0.3 is 39.5 Å². The Morgan fingerprint density at radius 1 is 0.276 bits per heavy atom. The zero-order valence-electron chi connectivity index (χ0n) is 69.0. The van der Waals surface area contributed by atoms with Crippen LogP contribution in [0.15, 0.2) is 0 Å². The highest BCUT2D eigenvalue weighted by molar-refractivity contribution is 7.47. The Hall–Kier alpha value is -1.94. The van der Waals surface area contributed by atoms with Crippen molar-refractivity contribution in [2.45, 2.75) is 477 Å². The van der Waals surface area contributed by atoms with E-state index in [2.05, 4.69) is 41.5 Å². The smallest absolute Gasteiger partial charge is 0.462 e. The van der Waals surface area contributed by atoms with E-state index in [1.54, 1.807) is 0 Å². The van der Waals surface area contributed by atoms with Crippen molar-refractivity contribution in [3.63, 3.8) is 0 Å². The predicted molar refractivity (Wildman–Crippen MR) is 432 cm³/mol. The molecule has 0 fully saturated rings. The van der Waals surface area contributed by atoms with Crippen molar-refractivity contribution < 1.29 is 80.2 Å². The molecule has 0 spiro atoms. The fourth-order valence-electron chi connectivity index (χ4n) is 13.4. The first-order valence-corrected chi connectivity index (χ1v) is 47.5. The van der Waals surface area contributed by atoms with Crippen LogP contribution in [-0.2, 0) is 65.4 Å². The molecule has 6 atom stereocenters. The van der Waals surface area contributed by atoms with Crippen LogP contribution in [0.3, 0.4) is 0 Å². The molecule has 0 saturated heterocycles. The van der Waals surface area contributed by atoms with Gasteiger partial charge in [0.2, 0.25) is 0 Å². The van der Waals surface area contributed by atoms with Crippen LogP contribution in [0.1, 0.15) is 459 Å². The summed E-state index contributed by atoms with van der Waals surface area (Å²) in [5.41, 5.74) is 0. The van der Waals surface area contributed by atoms with Crippen LogP contribution in [0.5, 0.6) is 0 Å². The van der Waals surface area contributed by atoms with E-state index in [9.17, 15) is 43.2 Å². The highest BCUT2D eigenvalue weighted by Crippen LogP contribution is 2.45. The Balaban J connectivity index is 5.19. The Labute approximate surface area is 645 Å². The van der Waals surface area contributed by atoms with E-state index in [4.69, 9.17) is 37.0 Å². The zero-order valence-corrected chi connectivity index (χ0v) is 70.8. The number of aliphatic hydroxyl groups is 1. The molecule has 0 aromatic heterocycles. The van der Waals surface area contributed by atoms with Gasteiger partial charge in [-0.3, -0.25) is 37.3 Å². The lowest BCUT2D eigenvalue weighted by Crippen LogP contribution is -2.30. The van der Waals surface area contributed by atoms with Gasteiger partial charge in [0.15, 0.2) is 12.2 Å². The summed E-state index contributed by atoms with van der Waals surface area (Å²) in [5, 5.41) is 10.7. The molecule has 0 aliphatic carbocycles. The van der Waals surface area contributed by atoms with Gasteiger partial charge in [-0.2, -0.15) is 0 Å². The Bertz CT molecular complexity index is 2010. The maximum Gasteiger partial charge on any atom is 0.472 e. The summed E-state index contributed by atoms with van der Waals surface area (Å²) in [4.78, 5) is 73.1. The first kappa shape index (κ1) is 103. The van der Waals surface area contributed by atoms with Crippen LogP contribution < -0.4 is 0 Å². The quantitative estimate of drug-likeness (QED) is 0.0222. The van der Waals surface area contributed by atoms with E-state index in [-0.39, 0.29) is 25.7 Å². The molecule has 0 aliphatic heterocycles. The number of phosphoric ester groups is 2. The second-order valence-corrected chi connectivity index (χ2v) is 34.6. The molecule has 0 aliphatic rings. The molecule has 105 heavy (non-hydrogen) atoms. The van der Waals surface area contributed by atoms with E-state index in [1.165, 1.54) is 270 Å². The Morgan fingerprint density at radius 2 is 0.486 bits per heavy atom. The number of hydrogen-bond acceptors (Lipinski definition) is 15. The Morgan fingerprint density at radius 3 is 0.724 bits per heavy atom. The van der Waals surface area contributed by atoms with Crippen LogP contribution in [0.4, 0.5) is 0 Å². The van der Waals surface area contributed by atoms with Crippen LogP contribution in [0.2, 0.25) is 0 Å². The van der Waals surface area contributed by atoms with Crippen LogP contribution in [0, 0.1) is 11.8 Å². The van der Waals surface area contributed by atoms with Gasteiger partial charge in [0, 0.05) is 25.7 Å². The molecular formula is C86H168O17P2. The van der Waals surface area contributed by atoms with Gasteiger partial charge in [-0.25, -0.2) is 9.13 Å². The molecule has 0 amide bonds. The number of carbonyl (C=O) groups excluding carboxylic acids is 4. The number of carbonyl (C=O) groups is 4. The van der Waals surface area contributed by atoms with Gasteiger partial charge < -0.3 is 33.8 Å². The SMILES string of the molecule is CCCCCCCCCCCCCCCCCCCCCCCCC(=O)O[C@H](COC(=O)CCCCCCCCCCCCCCCCCCCCCCC)COP(=O)(O)OC[C@@H](O)COP(=O)(O)OC[C@@H](COC(=O)CCCCCCCCC(C)CC)OC(=O)CCCCCCCCCCCC(C)C. The van der Waals surface area contributed by atoms with E-state index < -0.39 is 97.5 Å². The minimum absolute atomic E-state index is 0.105. The molecule has 3 N–H and O–H groups in total. The largest absolute Gasteiger partial charge is 0.472 e. The first-order chi connectivity index (χ1) is 50.9. The number of phosphoric acid groups is 2. The number of hydrogen-bond donors (Lipinski definition) is 3. The lowest BCUT2D eigenvalue weighted by Gasteiger charge is -2.21. The van der Waals surface area contributed by atoms with Gasteiger partial charge in [-0.1, -0.05) is 408 Å². The summed E-state index contributed by atoms with van der Waals surface area (Å²) < 4.78 is 68.8. The van der Waals surface area contributed by atoms with Crippen molar-refractivity contribution in [1.82, 2.24) is 0 Å². The molecule has 0 aromatic carbocycles. The second kappa shape index (κ2) is 77.4. The number of aliphatic hydroxyl groups excluding tert-OH is 1.